The molecule has 0 saturated carbocycles. The lowest BCUT2D eigenvalue weighted by Gasteiger charge is -2.26. The third-order valence-corrected chi connectivity index (χ3v) is 2.72. The maximum atomic E-state index is 12.1. The molecule has 0 fully saturated rings. The number of Topliss-reactive ketones (excluding diaryl/α,β-unsaturated/α-hetero) is 1. The fraction of sp³-hybridized carbons (Fsp3) is 0.143. The molecule has 1 unspecified atom stereocenters. The molecular weight excluding hydrogens is 228 g/mol. The molecule has 1 heterocycles. The van der Waals surface area contributed by atoms with Crippen LogP contribution in [0.15, 0.2) is 59.9 Å². The number of rotatable bonds is 4. The van der Waals surface area contributed by atoms with Crippen molar-refractivity contribution in [2.45, 2.75) is 6.04 Å². The van der Waals surface area contributed by atoms with Crippen molar-refractivity contribution < 1.29 is 10.0 Å². The molecule has 0 aliphatic carbocycles. The zero-order valence-corrected chi connectivity index (χ0v) is 9.81. The van der Waals surface area contributed by atoms with Gasteiger partial charge in [0.05, 0.1) is 18.8 Å². The molecule has 92 valence electrons. The second-order valence-electron chi connectivity index (χ2n) is 3.94. The maximum absolute atomic E-state index is 12.1. The van der Waals surface area contributed by atoms with E-state index < -0.39 is 0 Å². The molecule has 0 aromatic heterocycles. The average molecular weight is 242 g/mol. The Bertz CT molecular complexity index is 492. The van der Waals surface area contributed by atoms with E-state index in [1.807, 2.05) is 47.5 Å². The normalized spacial score (nSPS) is 18.4. The quantitative estimate of drug-likeness (QED) is 0.380. The monoisotopic (exact) mass is 242 g/mol. The molecule has 1 aliphatic heterocycles. The number of benzene rings is 1. The molecule has 4 heteroatoms. The van der Waals surface area contributed by atoms with Crippen molar-refractivity contribution in [2.75, 3.05) is 6.54 Å². The minimum atomic E-state index is -0.187. The average Bonchev–Trinajstić information content (AvgIpc) is 2.42. The molecule has 0 bridgehead atoms. The Morgan fingerprint density at radius 2 is 2.11 bits per heavy atom. The lowest BCUT2D eigenvalue weighted by Crippen LogP contribution is -2.36. The SMILES string of the molecule is O=C(CN1C=CC=CC1/C=N/O)c1ccccc1. The highest BCUT2D eigenvalue weighted by atomic mass is 16.4. The summed E-state index contributed by atoms with van der Waals surface area (Å²) in [5.74, 6) is 0.0342. The summed E-state index contributed by atoms with van der Waals surface area (Å²) in [6.07, 6.45) is 8.76. The summed E-state index contributed by atoms with van der Waals surface area (Å²) in [5, 5.41) is 11.6. The van der Waals surface area contributed by atoms with Gasteiger partial charge in [-0.3, -0.25) is 4.79 Å². The van der Waals surface area contributed by atoms with E-state index in [9.17, 15) is 4.79 Å². The highest BCUT2D eigenvalue weighted by Gasteiger charge is 2.16. The topological polar surface area (TPSA) is 52.9 Å². The van der Waals surface area contributed by atoms with Crippen LogP contribution in [-0.2, 0) is 0 Å². The molecule has 0 amide bonds. The Hall–Kier alpha value is -2.36. The molecule has 4 nitrogen and oxygen atoms in total. The van der Waals surface area contributed by atoms with Crippen LogP contribution in [-0.4, -0.2) is 34.7 Å². The molecular formula is C14H14N2O2. The Balaban J connectivity index is 2.07. The minimum Gasteiger partial charge on any atom is -0.411 e. The summed E-state index contributed by atoms with van der Waals surface area (Å²) in [7, 11) is 0. The van der Waals surface area contributed by atoms with E-state index in [1.165, 1.54) is 6.21 Å². The molecule has 1 atom stereocenters. The zero-order chi connectivity index (χ0) is 12.8. The summed E-state index contributed by atoms with van der Waals surface area (Å²) in [6.45, 7) is 0.252. The van der Waals surface area contributed by atoms with Crippen LogP contribution < -0.4 is 0 Å². The first kappa shape index (κ1) is 12.1. The van der Waals surface area contributed by atoms with E-state index in [2.05, 4.69) is 5.16 Å². The third-order valence-electron chi connectivity index (χ3n) is 2.72. The van der Waals surface area contributed by atoms with Crippen molar-refractivity contribution in [1.82, 2.24) is 4.90 Å². The van der Waals surface area contributed by atoms with Crippen LogP contribution in [0.5, 0.6) is 0 Å². The second kappa shape index (κ2) is 5.82. The smallest absolute Gasteiger partial charge is 0.182 e. The molecule has 18 heavy (non-hydrogen) atoms. The van der Waals surface area contributed by atoms with Crippen molar-refractivity contribution in [3.05, 3.63) is 60.3 Å². The van der Waals surface area contributed by atoms with E-state index in [4.69, 9.17) is 5.21 Å². The molecule has 1 aromatic carbocycles. The van der Waals surface area contributed by atoms with Crippen molar-refractivity contribution in [1.29, 1.82) is 0 Å². The maximum Gasteiger partial charge on any atom is 0.182 e. The van der Waals surface area contributed by atoms with Gasteiger partial charge in [-0.2, -0.15) is 0 Å². The largest absolute Gasteiger partial charge is 0.411 e. The van der Waals surface area contributed by atoms with Crippen LogP contribution in [0.1, 0.15) is 10.4 Å². The first-order valence-electron chi connectivity index (χ1n) is 5.68. The van der Waals surface area contributed by atoms with Gasteiger partial charge in [-0.05, 0) is 6.08 Å². The molecule has 0 saturated heterocycles. The summed E-state index contributed by atoms with van der Waals surface area (Å²) in [5.41, 5.74) is 0.681. The number of carbonyl (C=O) groups excluding carboxylic acids is 1. The van der Waals surface area contributed by atoms with E-state index in [0.717, 1.165) is 0 Å². The molecule has 1 aromatic rings. The molecule has 0 radical (unpaired) electrons. The minimum absolute atomic E-state index is 0.0342. The lowest BCUT2D eigenvalue weighted by atomic mass is 10.1. The Morgan fingerprint density at radius 1 is 1.33 bits per heavy atom. The standard InChI is InChI=1S/C14H14N2O2/c17-14(12-6-2-1-3-7-12)11-16-9-5-4-8-13(16)10-15-18/h1-10,13,18H,11H2/b15-10+. The van der Waals surface area contributed by atoms with Crippen LogP contribution in [0.3, 0.4) is 0 Å². The highest BCUT2D eigenvalue weighted by molar-refractivity contribution is 5.97. The number of ketones is 1. The number of hydrogen-bond acceptors (Lipinski definition) is 4. The summed E-state index contributed by atoms with van der Waals surface area (Å²) < 4.78 is 0. The van der Waals surface area contributed by atoms with Gasteiger partial charge in [-0.1, -0.05) is 47.6 Å². The zero-order valence-electron chi connectivity index (χ0n) is 9.81. The van der Waals surface area contributed by atoms with Gasteiger partial charge in [-0.15, -0.1) is 0 Å². The number of nitrogens with zero attached hydrogens (tertiary/aromatic N) is 2. The highest BCUT2D eigenvalue weighted by Crippen LogP contribution is 2.09. The van der Waals surface area contributed by atoms with Crippen molar-refractivity contribution in [3.63, 3.8) is 0 Å². The lowest BCUT2D eigenvalue weighted by molar-refractivity contribution is 0.0953. The number of hydrogen-bond donors (Lipinski definition) is 1. The predicted molar refractivity (Wildman–Crippen MR) is 69.8 cm³/mol. The fourth-order valence-electron chi connectivity index (χ4n) is 1.79. The fourth-order valence-corrected chi connectivity index (χ4v) is 1.79. The van der Waals surface area contributed by atoms with Gasteiger partial charge in [0.15, 0.2) is 5.78 Å². The Morgan fingerprint density at radius 3 is 2.83 bits per heavy atom. The van der Waals surface area contributed by atoms with Gasteiger partial charge in [0.25, 0.3) is 0 Å². The Labute approximate surface area is 106 Å². The molecule has 2 rings (SSSR count). The number of oxime groups is 1. The van der Waals surface area contributed by atoms with Gasteiger partial charge < -0.3 is 10.1 Å². The first-order chi connectivity index (χ1) is 8.81. The summed E-state index contributed by atoms with van der Waals surface area (Å²) in [4.78, 5) is 13.9. The van der Waals surface area contributed by atoms with E-state index >= 15 is 0 Å². The molecule has 1 aliphatic rings. The van der Waals surface area contributed by atoms with E-state index in [0.29, 0.717) is 5.56 Å². The van der Waals surface area contributed by atoms with Gasteiger partial charge >= 0.3 is 0 Å². The van der Waals surface area contributed by atoms with Crippen molar-refractivity contribution >= 4 is 12.0 Å². The van der Waals surface area contributed by atoms with Crippen LogP contribution in [0.4, 0.5) is 0 Å². The first-order valence-corrected chi connectivity index (χ1v) is 5.68. The van der Waals surface area contributed by atoms with Crippen molar-refractivity contribution in [3.8, 4) is 0 Å². The van der Waals surface area contributed by atoms with Crippen LogP contribution >= 0.6 is 0 Å². The molecule has 1 N–H and O–H groups in total. The van der Waals surface area contributed by atoms with Crippen LogP contribution in [0.25, 0.3) is 0 Å². The summed E-state index contributed by atoms with van der Waals surface area (Å²) >= 11 is 0. The van der Waals surface area contributed by atoms with Gasteiger partial charge in [0, 0.05) is 11.8 Å². The Kier molecular flexibility index (Phi) is 3.91. The van der Waals surface area contributed by atoms with Gasteiger partial charge in [0.1, 0.15) is 0 Å². The van der Waals surface area contributed by atoms with Crippen LogP contribution in [0, 0.1) is 0 Å². The van der Waals surface area contributed by atoms with E-state index in [1.54, 1.807) is 12.1 Å². The third kappa shape index (κ3) is 2.85. The second-order valence-corrected chi connectivity index (χ2v) is 3.94. The number of carbonyl (C=O) groups is 1. The summed E-state index contributed by atoms with van der Waals surface area (Å²) in [6, 6.07) is 8.95. The van der Waals surface area contributed by atoms with Crippen molar-refractivity contribution in [2.24, 2.45) is 5.16 Å². The molecule has 0 spiro atoms. The predicted octanol–water partition coefficient (Wildman–Crippen LogP) is 2.08. The van der Waals surface area contributed by atoms with Crippen LogP contribution in [0.2, 0.25) is 0 Å². The van der Waals surface area contributed by atoms with E-state index in [-0.39, 0.29) is 18.4 Å². The van der Waals surface area contributed by atoms with Gasteiger partial charge in [0.2, 0.25) is 0 Å². The van der Waals surface area contributed by atoms with Gasteiger partial charge in [-0.25, -0.2) is 0 Å². The number of allylic oxidation sites excluding steroid dienone is 2.